The van der Waals surface area contributed by atoms with Crippen molar-refractivity contribution in [1.29, 1.82) is 0 Å². The van der Waals surface area contributed by atoms with Crippen LogP contribution in [0.25, 0.3) is 0 Å². The number of aliphatic imine (C=N–C) groups is 1. The minimum atomic E-state index is -0.239. The Bertz CT molecular complexity index is 811. The molecule has 0 saturated carbocycles. The third kappa shape index (κ3) is 6.18. The van der Waals surface area contributed by atoms with Gasteiger partial charge in [-0.15, -0.1) is 0 Å². The maximum absolute atomic E-state index is 13.3. The average Bonchev–Trinajstić information content (AvgIpc) is 2.75. The molecule has 6 nitrogen and oxygen atoms in total. The average molecular weight is 415 g/mol. The highest BCUT2D eigenvalue weighted by Crippen LogP contribution is 2.25. The van der Waals surface area contributed by atoms with E-state index in [1.807, 2.05) is 6.92 Å². The highest BCUT2D eigenvalue weighted by molar-refractivity contribution is 5.80. The number of anilines is 1. The molecule has 0 spiro atoms. The number of morpholine rings is 1. The van der Waals surface area contributed by atoms with E-state index in [4.69, 9.17) is 9.47 Å². The Morgan fingerprint density at radius 3 is 2.57 bits per heavy atom. The normalized spacial score (nSPS) is 19.6. The second-order valence-electron chi connectivity index (χ2n) is 7.41. The Morgan fingerprint density at radius 2 is 1.90 bits per heavy atom. The van der Waals surface area contributed by atoms with Gasteiger partial charge in [-0.25, -0.2) is 4.39 Å². The molecule has 162 valence electrons. The number of hydrogen-bond donors (Lipinski definition) is 2. The summed E-state index contributed by atoms with van der Waals surface area (Å²) in [6.45, 7) is 5.60. The first-order valence-corrected chi connectivity index (χ1v) is 10.3. The Morgan fingerprint density at radius 1 is 1.17 bits per heavy atom. The van der Waals surface area contributed by atoms with E-state index in [2.05, 4.69) is 44.8 Å². The molecule has 1 aliphatic heterocycles. The molecule has 0 aliphatic carbocycles. The van der Waals surface area contributed by atoms with Gasteiger partial charge in [-0.3, -0.25) is 4.99 Å². The van der Waals surface area contributed by atoms with Crippen LogP contribution in [0.15, 0.2) is 53.5 Å². The summed E-state index contributed by atoms with van der Waals surface area (Å²) in [4.78, 5) is 6.66. The molecule has 2 N–H and O–H groups in total. The van der Waals surface area contributed by atoms with Crippen LogP contribution in [-0.4, -0.2) is 57.4 Å². The second-order valence-corrected chi connectivity index (χ2v) is 7.41. The van der Waals surface area contributed by atoms with E-state index in [1.165, 1.54) is 17.7 Å². The van der Waals surface area contributed by atoms with Crippen LogP contribution in [0.3, 0.4) is 0 Å². The van der Waals surface area contributed by atoms with Crippen molar-refractivity contribution in [3.8, 4) is 0 Å². The second kappa shape index (κ2) is 10.9. The van der Waals surface area contributed by atoms with Crippen LogP contribution < -0.4 is 10.6 Å². The Labute approximate surface area is 178 Å². The van der Waals surface area contributed by atoms with Crippen molar-refractivity contribution in [3.05, 3.63) is 65.5 Å². The third-order valence-corrected chi connectivity index (χ3v) is 5.05. The van der Waals surface area contributed by atoms with Gasteiger partial charge in [0.05, 0.1) is 19.3 Å². The van der Waals surface area contributed by atoms with Crippen LogP contribution in [0.2, 0.25) is 0 Å². The number of halogens is 1. The molecule has 0 radical (unpaired) electrons. The van der Waals surface area contributed by atoms with Crippen molar-refractivity contribution < 1.29 is 13.9 Å². The van der Waals surface area contributed by atoms with Crippen LogP contribution in [0.4, 0.5) is 10.1 Å². The molecule has 7 heteroatoms. The zero-order valence-corrected chi connectivity index (χ0v) is 17.9. The molecule has 2 unspecified atom stereocenters. The molecule has 2 aromatic rings. The predicted molar refractivity (Wildman–Crippen MR) is 118 cm³/mol. The number of ether oxygens (including phenoxy) is 2. The molecule has 2 aromatic carbocycles. The van der Waals surface area contributed by atoms with Crippen LogP contribution in [0, 0.1) is 5.82 Å². The minimum Gasteiger partial charge on any atom is -0.383 e. The molecule has 1 aliphatic rings. The smallest absolute Gasteiger partial charge is 0.194 e. The van der Waals surface area contributed by atoms with Gasteiger partial charge in [0, 0.05) is 39.5 Å². The summed E-state index contributed by atoms with van der Waals surface area (Å²) >= 11 is 0. The number of guanidine groups is 1. The fourth-order valence-electron chi connectivity index (χ4n) is 3.54. The summed E-state index contributed by atoms with van der Waals surface area (Å²) in [5.41, 5.74) is 3.22. The fourth-order valence-corrected chi connectivity index (χ4v) is 3.54. The standard InChI is InChI=1S/C23H31FN4O2/c1-17-15-28(16-22(30-17)19-6-8-20(24)9-7-19)23(25-2)27-14-18-4-10-21(11-5-18)26-12-13-29-3/h4-11,17,22,26H,12-16H2,1-3H3,(H,25,27). The van der Waals surface area contributed by atoms with Gasteiger partial charge in [-0.2, -0.15) is 0 Å². The first-order valence-electron chi connectivity index (χ1n) is 10.3. The molecule has 0 amide bonds. The number of methoxy groups -OCH3 is 1. The topological polar surface area (TPSA) is 58.1 Å². The summed E-state index contributed by atoms with van der Waals surface area (Å²) in [5.74, 6) is 0.594. The van der Waals surface area contributed by atoms with Gasteiger partial charge in [0.1, 0.15) is 11.9 Å². The van der Waals surface area contributed by atoms with Crippen molar-refractivity contribution in [2.24, 2.45) is 4.99 Å². The lowest BCUT2D eigenvalue weighted by Gasteiger charge is -2.38. The summed E-state index contributed by atoms with van der Waals surface area (Å²) in [6.07, 6.45) is -0.0739. The number of hydrogen-bond acceptors (Lipinski definition) is 4. The van der Waals surface area contributed by atoms with E-state index < -0.39 is 0 Å². The third-order valence-electron chi connectivity index (χ3n) is 5.05. The summed E-state index contributed by atoms with van der Waals surface area (Å²) in [7, 11) is 3.48. The molecule has 1 saturated heterocycles. The number of rotatable bonds is 7. The quantitative estimate of drug-likeness (QED) is 0.413. The zero-order chi connectivity index (χ0) is 21.3. The number of benzene rings is 2. The van der Waals surface area contributed by atoms with Gasteiger partial charge in [-0.05, 0) is 42.3 Å². The van der Waals surface area contributed by atoms with E-state index >= 15 is 0 Å². The summed E-state index contributed by atoms with van der Waals surface area (Å²) in [5, 5.41) is 6.76. The van der Waals surface area contributed by atoms with Crippen molar-refractivity contribution in [2.45, 2.75) is 25.7 Å². The lowest BCUT2D eigenvalue weighted by Crippen LogP contribution is -2.50. The van der Waals surface area contributed by atoms with Gasteiger partial charge < -0.3 is 25.0 Å². The molecule has 30 heavy (non-hydrogen) atoms. The van der Waals surface area contributed by atoms with E-state index in [1.54, 1.807) is 26.3 Å². The highest BCUT2D eigenvalue weighted by atomic mass is 19.1. The van der Waals surface area contributed by atoms with Gasteiger partial charge >= 0.3 is 0 Å². The Kier molecular flexibility index (Phi) is 8.04. The van der Waals surface area contributed by atoms with Crippen molar-refractivity contribution >= 4 is 11.6 Å². The maximum Gasteiger partial charge on any atom is 0.194 e. The molecule has 1 heterocycles. The van der Waals surface area contributed by atoms with Crippen LogP contribution in [0.5, 0.6) is 0 Å². The monoisotopic (exact) mass is 414 g/mol. The largest absolute Gasteiger partial charge is 0.383 e. The van der Waals surface area contributed by atoms with E-state index in [9.17, 15) is 4.39 Å². The lowest BCUT2D eigenvalue weighted by atomic mass is 10.1. The lowest BCUT2D eigenvalue weighted by molar-refractivity contribution is -0.0605. The first kappa shape index (κ1) is 22.1. The fraction of sp³-hybridized carbons (Fsp3) is 0.435. The van der Waals surface area contributed by atoms with Gasteiger partial charge in [0.2, 0.25) is 0 Å². The van der Waals surface area contributed by atoms with E-state index in [0.29, 0.717) is 19.7 Å². The van der Waals surface area contributed by atoms with Crippen LogP contribution >= 0.6 is 0 Å². The Balaban J connectivity index is 1.57. The molecular weight excluding hydrogens is 383 g/mol. The number of nitrogens with one attached hydrogen (secondary N) is 2. The molecular formula is C23H31FN4O2. The summed E-state index contributed by atoms with van der Waals surface area (Å²) < 4.78 is 24.4. The van der Waals surface area contributed by atoms with Crippen molar-refractivity contribution in [3.63, 3.8) is 0 Å². The van der Waals surface area contributed by atoms with Gasteiger partial charge in [0.15, 0.2) is 5.96 Å². The molecule has 1 fully saturated rings. The zero-order valence-electron chi connectivity index (χ0n) is 17.9. The highest BCUT2D eigenvalue weighted by Gasteiger charge is 2.28. The van der Waals surface area contributed by atoms with Crippen molar-refractivity contribution in [2.75, 3.05) is 45.7 Å². The molecule has 3 rings (SSSR count). The SMILES string of the molecule is CN=C(NCc1ccc(NCCOC)cc1)N1CC(C)OC(c2ccc(F)cc2)C1. The molecule has 0 aromatic heterocycles. The summed E-state index contributed by atoms with van der Waals surface area (Å²) in [6, 6.07) is 14.8. The van der Waals surface area contributed by atoms with Crippen LogP contribution in [0.1, 0.15) is 24.2 Å². The first-order chi connectivity index (χ1) is 14.6. The van der Waals surface area contributed by atoms with E-state index in [0.717, 1.165) is 30.3 Å². The van der Waals surface area contributed by atoms with Gasteiger partial charge in [-0.1, -0.05) is 24.3 Å². The van der Waals surface area contributed by atoms with Crippen molar-refractivity contribution in [1.82, 2.24) is 10.2 Å². The van der Waals surface area contributed by atoms with Crippen LogP contribution in [-0.2, 0) is 16.0 Å². The number of nitrogens with zero attached hydrogens (tertiary/aromatic N) is 2. The maximum atomic E-state index is 13.3. The molecule has 2 atom stereocenters. The molecule has 0 bridgehead atoms. The van der Waals surface area contributed by atoms with Gasteiger partial charge in [0.25, 0.3) is 0 Å². The minimum absolute atomic E-state index is 0.0461. The Hall–Kier alpha value is -2.64. The van der Waals surface area contributed by atoms with E-state index in [-0.39, 0.29) is 18.0 Å². The predicted octanol–water partition coefficient (Wildman–Crippen LogP) is 3.42.